The Morgan fingerprint density at radius 1 is 1.14 bits per heavy atom. The molecule has 0 saturated carbocycles. The van der Waals surface area contributed by atoms with E-state index in [1.165, 1.54) is 0 Å². The minimum absolute atomic E-state index is 0.117. The van der Waals surface area contributed by atoms with Gasteiger partial charge in [-0.05, 0) is 56.2 Å². The average molecular weight is 294 g/mol. The van der Waals surface area contributed by atoms with Gasteiger partial charge < -0.3 is 9.72 Å². The Morgan fingerprint density at radius 2 is 1.82 bits per heavy atom. The predicted octanol–water partition coefficient (Wildman–Crippen LogP) is 3.61. The molecule has 3 aromatic rings. The van der Waals surface area contributed by atoms with Crippen LogP contribution < -0.4 is 10.3 Å². The highest BCUT2D eigenvalue weighted by atomic mass is 16.5. The normalized spacial score (nSPS) is 10.9. The number of nitrogens with zero attached hydrogens (tertiary/aromatic N) is 1. The highest BCUT2D eigenvalue weighted by Crippen LogP contribution is 2.29. The summed E-state index contributed by atoms with van der Waals surface area (Å²) in [5.74, 6) is 1.44. The Bertz CT molecular complexity index is 874. The fourth-order valence-corrected chi connectivity index (χ4v) is 2.75. The van der Waals surface area contributed by atoms with Crippen molar-refractivity contribution in [3.8, 4) is 17.1 Å². The molecule has 0 aliphatic rings. The van der Waals surface area contributed by atoms with Crippen LogP contribution in [-0.2, 0) is 0 Å². The molecular formula is C18H18N2O2. The van der Waals surface area contributed by atoms with Gasteiger partial charge in [-0.25, -0.2) is 4.98 Å². The van der Waals surface area contributed by atoms with Crippen LogP contribution in [0.25, 0.3) is 22.3 Å². The molecule has 0 aliphatic carbocycles. The van der Waals surface area contributed by atoms with Gasteiger partial charge >= 0.3 is 0 Å². The number of aromatic nitrogens is 2. The lowest BCUT2D eigenvalue weighted by atomic mass is 10.0. The van der Waals surface area contributed by atoms with Crippen LogP contribution in [0.2, 0.25) is 0 Å². The van der Waals surface area contributed by atoms with E-state index in [9.17, 15) is 4.79 Å². The Morgan fingerprint density at radius 3 is 2.50 bits per heavy atom. The van der Waals surface area contributed by atoms with E-state index in [0.717, 1.165) is 22.4 Å². The van der Waals surface area contributed by atoms with Crippen LogP contribution in [0.5, 0.6) is 5.75 Å². The number of hydrogen-bond donors (Lipinski definition) is 1. The molecule has 1 aromatic heterocycles. The third-order valence-electron chi connectivity index (χ3n) is 3.67. The van der Waals surface area contributed by atoms with Crippen molar-refractivity contribution in [1.29, 1.82) is 0 Å². The van der Waals surface area contributed by atoms with E-state index < -0.39 is 0 Å². The van der Waals surface area contributed by atoms with Crippen LogP contribution >= 0.6 is 0 Å². The minimum Gasteiger partial charge on any atom is -0.494 e. The van der Waals surface area contributed by atoms with Crippen LogP contribution in [0.4, 0.5) is 0 Å². The van der Waals surface area contributed by atoms with Crippen molar-refractivity contribution >= 4 is 10.9 Å². The van der Waals surface area contributed by atoms with Gasteiger partial charge in [0.05, 0.1) is 17.5 Å². The smallest absolute Gasteiger partial charge is 0.259 e. The van der Waals surface area contributed by atoms with Gasteiger partial charge in [0.25, 0.3) is 5.56 Å². The van der Waals surface area contributed by atoms with Crippen molar-refractivity contribution in [1.82, 2.24) is 9.97 Å². The summed E-state index contributed by atoms with van der Waals surface area (Å²) in [6, 6.07) is 11.3. The highest BCUT2D eigenvalue weighted by molar-refractivity contribution is 5.80. The summed E-state index contributed by atoms with van der Waals surface area (Å²) in [6.07, 6.45) is 0. The number of para-hydroxylation sites is 1. The molecule has 0 aliphatic heterocycles. The van der Waals surface area contributed by atoms with Crippen molar-refractivity contribution in [2.45, 2.75) is 20.8 Å². The van der Waals surface area contributed by atoms with Crippen molar-refractivity contribution in [3.05, 3.63) is 57.9 Å². The molecular weight excluding hydrogens is 276 g/mol. The average Bonchev–Trinajstić information content (AvgIpc) is 2.47. The zero-order chi connectivity index (χ0) is 15.7. The summed E-state index contributed by atoms with van der Waals surface area (Å²) in [5.41, 5.74) is 3.59. The lowest BCUT2D eigenvalue weighted by Crippen LogP contribution is -2.10. The Labute approximate surface area is 128 Å². The van der Waals surface area contributed by atoms with Gasteiger partial charge in [-0.15, -0.1) is 0 Å². The third kappa shape index (κ3) is 2.48. The fraction of sp³-hybridized carbons (Fsp3) is 0.222. The highest BCUT2D eigenvalue weighted by Gasteiger charge is 2.12. The Hall–Kier alpha value is -2.62. The first-order chi connectivity index (χ1) is 10.6. The Balaban J connectivity index is 2.21. The Kier molecular flexibility index (Phi) is 3.67. The number of aromatic amines is 1. The number of fused-ring (bicyclic) bond motifs is 1. The standard InChI is InChI=1S/C18H18N2O2/c1-4-22-13-9-11(2)16(12(3)10-13)17-19-15-8-6-5-7-14(15)18(21)20-17/h5-10H,4H2,1-3H3,(H,19,20,21). The molecule has 22 heavy (non-hydrogen) atoms. The molecule has 0 spiro atoms. The van der Waals surface area contributed by atoms with E-state index in [1.54, 1.807) is 6.07 Å². The number of benzene rings is 2. The third-order valence-corrected chi connectivity index (χ3v) is 3.67. The quantitative estimate of drug-likeness (QED) is 0.803. The first kappa shape index (κ1) is 14.3. The lowest BCUT2D eigenvalue weighted by molar-refractivity contribution is 0.340. The van der Waals surface area contributed by atoms with Gasteiger partial charge in [0.15, 0.2) is 0 Å². The van der Waals surface area contributed by atoms with Crippen LogP contribution in [0.1, 0.15) is 18.1 Å². The molecule has 2 aromatic carbocycles. The van der Waals surface area contributed by atoms with Gasteiger partial charge in [0, 0.05) is 5.56 Å². The van der Waals surface area contributed by atoms with Gasteiger partial charge in [-0.2, -0.15) is 0 Å². The van der Waals surface area contributed by atoms with E-state index >= 15 is 0 Å². The predicted molar refractivity (Wildman–Crippen MR) is 88.4 cm³/mol. The van der Waals surface area contributed by atoms with E-state index in [2.05, 4.69) is 9.97 Å². The first-order valence-electron chi connectivity index (χ1n) is 7.33. The van der Waals surface area contributed by atoms with E-state index in [4.69, 9.17) is 4.74 Å². The van der Waals surface area contributed by atoms with Crippen molar-refractivity contribution in [3.63, 3.8) is 0 Å². The van der Waals surface area contributed by atoms with Gasteiger partial charge in [-0.1, -0.05) is 12.1 Å². The summed E-state index contributed by atoms with van der Waals surface area (Å²) < 4.78 is 5.56. The van der Waals surface area contributed by atoms with Gasteiger partial charge in [0.1, 0.15) is 11.6 Å². The summed E-state index contributed by atoms with van der Waals surface area (Å²) in [6.45, 7) is 6.59. The summed E-state index contributed by atoms with van der Waals surface area (Å²) in [7, 11) is 0. The molecule has 0 fully saturated rings. The van der Waals surface area contributed by atoms with Crippen molar-refractivity contribution < 1.29 is 4.74 Å². The molecule has 4 heteroatoms. The fourth-order valence-electron chi connectivity index (χ4n) is 2.75. The number of H-pyrrole nitrogens is 1. The number of rotatable bonds is 3. The molecule has 0 unspecified atom stereocenters. The van der Waals surface area contributed by atoms with Crippen molar-refractivity contribution in [2.75, 3.05) is 6.61 Å². The van der Waals surface area contributed by atoms with E-state index in [-0.39, 0.29) is 5.56 Å². The number of ether oxygens (including phenoxy) is 1. The lowest BCUT2D eigenvalue weighted by Gasteiger charge is -2.12. The first-order valence-corrected chi connectivity index (χ1v) is 7.33. The second-order valence-corrected chi connectivity index (χ2v) is 5.30. The molecule has 112 valence electrons. The summed E-state index contributed by atoms with van der Waals surface area (Å²) >= 11 is 0. The topological polar surface area (TPSA) is 55.0 Å². The van der Waals surface area contributed by atoms with Crippen LogP contribution in [0.3, 0.4) is 0 Å². The number of nitrogens with one attached hydrogen (secondary N) is 1. The minimum atomic E-state index is -0.117. The molecule has 0 saturated heterocycles. The molecule has 0 amide bonds. The maximum Gasteiger partial charge on any atom is 0.259 e. The molecule has 1 N–H and O–H groups in total. The number of hydrogen-bond acceptors (Lipinski definition) is 3. The molecule has 0 bridgehead atoms. The zero-order valence-corrected chi connectivity index (χ0v) is 12.9. The SMILES string of the molecule is CCOc1cc(C)c(-c2nc3ccccc3c(=O)[nH]2)c(C)c1. The summed E-state index contributed by atoms with van der Waals surface area (Å²) in [5, 5.41) is 0.604. The van der Waals surface area contributed by atoms with Gasteiger partial charge in [-0.3, -0.25) is 4.79 Å². The molecule has 0 radical (unpaired) electrons. The van der Waals surface area contributed by atoms with E-state index in [1.807, 2.05) is 51.1 Å². The molecule has 3 rings (SSSR count). The molecule has 1 heterocycles. The maximum absolute atomic E-state index is 12.2. The van der Waals surface area contributed by atoms with Crippen molar-refractivity contribution in [2.24, 2.45) is 0 Å². The van der Waals surface area contributed by atoms with Crippen LogP contribution in [0, 0.1) is 13.8 Å². The van der Waals surface area contributed by atoms with Gasteiger partial charge in [0.2, 0.25) is 0 Å². The molecule has 4 nitrogen and oxygen atoms in total. The van der Waals surface area contributed by atoms with Crippen LogP contribution in [-0.4, -0.2) is 16.6 Å². The zero-order valence-electron chi connectivity index (χ0n) is 12.9. The monoisotopic (exact) mass is 294 g/mol. The number of aryl methyl sites for hydroxylation is 2. The second kappa shape index (κ2) is 5.64. The molecule has 0 atom stereocenters. The van der Waals surface area contributed by atoms with Crippen LogP contribution in [0.15, 0.2) is 41.2 Å². The summed E-state index contributed by atoms with van der Waals surface area (Å²) in [4.78, 5) is 19.7. The second-order valence-electron chi connectivity index (χ2n) is 5.30. The largest absolute Gasteiger partial charge is 0.494 e. The van der Waals surface area contributed by atoms with E-state index in [0.29, 0.717) is 23.3 Å². The maximum atomic E-state index is 12.2.